The van der Waals surface area contributed by atoms with Crippen molar-refractivity contribution in [2.24, 2.45) is 16.1 Å². The Balaban J connectivity index is 1.45. The molecule has 2 saturated heterocycles. The molecule has 0 bridgehead atoms. The summed E-state index contributed by atoms with van der Waals surface area (Å²) in [4.78, 5) is 25.1. The van der Waals surface area contributed by atoms with Crippen LogP contribution in [0, 0.1) is 5.92 Å². The van der Waals surface area contributed by atoms with Gasteiger partial charge in [-0.2, -0.15) is 5.10 Å². The molecular weight excluding hydrogens is 352 g/mol. The third kappa shape index (κ3) is 5.32. The quantitative estimate of drug-likeness (QED) is 0.630. The molecular formula is C18H22N4O3S. The number of hydrogen-bond acceptors (Lipinski definition) is 6. The molecule has 3 rings (SSSR count). The molecule has 2 heterocycles. The van der Waals surface area contributed by atoms with Gasteiger partial charge in [0.15, 0.2) is 11.8 Å². The first kappa shape index (κ1) is 18.4. The number of likely N-dealkylation sites (tertiary alicyclic amines) is 1. The molecule has 0 aliphatic carbocycles. The summed E-state index contributed by atoms with van der Waals surface area (Å²) in [5.41, 5.74) is 0.854. The number of amides is 2. The van der Waals surface area contributed by atoms with Crippen LogP contribution in [-0.2, 0) is 9.59 Å². The molecule has 2 fully saturated rings. The Morgan fingerprint density at radius 3 is 2.73 bits per heavy atom. The third-order valence-electron chi connectivity index (χ3n) is 4.32. The van der Waals surface area contributed by atoms with Gasteiger partial charge in [-0.05, 0) is 48.6 Å². The van der Waals surface area contributed by atoms with E-state index in [0.29, 0.717) is 22.6 Å². The van der Waals surface area contributed by atoms with E-state index < -0.39 is 0 Å². The predicted molar refractivity (Wildman–Crippen MR) is 103 cm³/mol. The van der Waals surface area contributed by atoms with Crippen LogP contribution in [0.25, 0.3) is 0 Å². The highest BCUT2D eigenvalue weighted by Gasteiger charge is 2.20. The Labute approximate surface area is 156 Å². The van der Waals surface area contributed by atoms with Crippen molar-refractivity contribution in [3.05, 3.63) is 29.8 Å². The number of rotatable bonds is 5. The maximum atomic E-state index is 12.2. The maximum Gasteiger partial charge on any atom is 0.260 e. The molecule has 0 unspecified atom stereocenters. The van der Waals surface area contributed by atoms with Crippen molar-refractivity contribution in [3.8, 4) is 5.75 Å². The molecule has 0 radical (unpaired) electrons. The largest absolute Gasteiger partial charge is 0.484 e. The number of thioether (sulfide) groups is 1. The van der Waals surface area contributed by atoms with Gasteiger partial charge in [-0.15, -0.1) is 5.10 Å². The zero-order valence-electron chi connectivity index (χ0n) is 14.7. The molecule has 2 aliphatic rings. The Morgan fingerprint density at radius 2 is 2.08 bits per heavy atom. The monoisotopic (exact) mass is 374 g/mol. The average molecular weight is 374 g/mol. The van der Waals surface area contributed by atoms with Gasteiger partial charge in [-0.25, -0.2) is 0 Å². The van der Waals surface area contributed by atoms with E-state index in [-0.39, 0.29) is 18.4 Å². The van der Waals surface area contributed by atoms with Crippen molar-refractivity contribution >= 4 is 35.0 Å². The van der Waals surface area contributed by atoms with Gasteiger partial charge in [0.1, 0.15) is 5.75 Å². The van der Waals surface area contributed by atoms with Gasteiger partial charge >= 0.3 is 0 Å². The molecule has 138 valence electrons. The summed E-state index contributed by atoms with van der Waals surface area (Å²) in [5, 5.41) is 11.0. The lowest BCUT2D eigenvalue weighted by Gasteiger charge is -2.30. The van der Waals surface area contributed by atoms with Gasteiger partial charge in [-0.1, -0.05) is 18.7 Å². The third-order valence-corrected chi connectivity index (χ3v) is 5.18. The fourth-order valence-corrected chi connectivity index (χ4v) is 3.30. The van der Waals surface area contributed by atoms with E-state index in [0.717, 1.165) is 31.5 Å². The summed E-state index contributed by atoms with van der Waals surface area (Å²) >= 11 is 1.33. The highest BCUT2D eigenvalue weighted by Crippen LogP contribution is 2.17. The van der Waals surface area contributed by atoms with Crippen molar-refractivity contribution in [2.75, 3.05) is 25.4 Å². The Kier molecular flexibility index (Phi) is 6.27. The van der Waals surface area contributed by atoms with E-state index in [1.165, 1.54) is 11.8 Å². The van der Waals surface area contributed by atoms with Gasteiger partial charge in [0.2, 0.25) is 5.91 Å². The van der Waals surface area contributed by atoms with Crippen LogP contribution in [-0.4, -0.2) is 53.5 Å². The van der Waals surface area contributed by atoms with Gasteiger partial charge in [0.05, 0.1) is 12.0 Å². The zero-order valence-corrected chi connectivity index (χ0v) is 15.5. The molecule has 0 spiro atoms. The number of carbonyl (C=O) groups excluding carboxylic acids is 2. The first-order chi connectivity index (χ1) is 12.6. The zero-order chi connectivity index (χ0) is 18.4. The number of hydrogen-bond donors (Lipinski definition) is 1. The molecule has 2 aliphatic heterocycles. The summed E-state index contributed by atoms with van der Waals surface area (Å²) < 4.78 is 5.59. The minimum absolute atomic E-state index is 0.0366. The predicted octanol–water partition coefficient (Wildman–Crippen LogP) is 1.88. The fourth-order valence-electron chi connectivity index (χ4n) is 2.67. The molecule has 2 amide bonds. The maximum absolute atomic E-state index is 12.2. The summed E-state index contributed by atoms with van der Waals surface area (Å²) in [6, 6.07) is 7.27. The van der Waals surface area contributed by atoms with E-state index in [1.807, 2.05) is 17.0 Å². The van der Waals surface area contributed by atoms with Crippen molar-refractivity contribution in [1.29, 1.82) is 0 Å². The van der Waals surface area contributed by atoms with E-state index >= 15 is 0 Å². The number of carbonyl (C=O) groups is 2. The smallest absolute Gasteiger partial charge is 0.260 e. The Hall–Kier alpha value is -2.35. The van der Waals surface area contributed by atoms with Gasteiger partial charge < -0.3 is 15.0 Å². The van der Waals surface area contributed by atoms with Crippen LogP contribution < -0.4 is 10.1 Å². The fraction of sp³-hybridized carbons (Fsp3) is 0.444. The normalized spacial score (nSPS) is 20.0. The standard InChI is InChI=1S/C18H22N4O3S/c1-13-6-8-22(9-7-13)17(24)11-25-15-4-2-14(3-5-15)10-19-21-18-20-16(23)12-26-18/h2-5,10,13H,6-9,11-12H2,1H3,(H,20,21,23). The van der Waals surface area contributed by atoms with E-state index in [4.69, 9.17) is 4.74 Å². The SMILES string of the molecule is CC1CCN(C(=O)COc2ccc(C=NN=C3NC(=O)CS3)cc2)CC1. The summed E-state index contributed by atoms with van der Waals surface area (Å²) in [7, 11) is 0. The van der Waals surface area contributed by atoms with Crippen LogP contribution in [0.1, 0.15) is 25.3 Å². The van der Waals surface area contributed by atoms with Crippen molar-refractivity contribution in [1.82, 2.24) is 10.2 Å². The summed E-state index contributed by atoms with van der Waals surface area (Å²) in [5.74, 6) is 1.71. The van der Waals surface area contributed by atoms with Gasteiger partial charge in [0.25, 0.3) is 5.91 Å². The lowest BCUT2D eigenvalue weighted by molar-refractivity contribution is -0.134. The van der Waals surface area contributed by atoms with Crippen LogP contribution in [0.2, 0.25) is 0 Å². The minimum Gasteiger partial charge on any atom is -0.484 e. The second-order valence-corrected chi connectivity index (χ2v) is 7.37. The minimum atomic E-state index is -0.0564. The van der Waals surface area contributed by atoms with Gasteiger partial charge in [0, 0.05) is 13.1 Å². The van der Waals surface area contributed by atoms with Crippen molar-refractivity contribution in [3.63, 3.8) is 0 Å². The first-order valence-electron chi connectivity index (χ1n) is 8.64. The topological polar surface area (TPSA) is 83.4 Å². The van der Waals surface area contributed by atoms with E-state index in [9.17, 15) is 9.59 Å². The second-order valence-electron chi connectivity index (χ2n) is 6.41. The molecule has 0 atom stereocenters. The van der Waals surface area contributed by atoms with Crippen LogP contribution in [0.3, 0.4) is 0 Å². The van der Waals surface area contributed by atoms with Crippen LogP contribution in [0.4, 0.5) is 0 Å². The highest BCUT2D eigenvalue weighted by atomic mass is 32.2. The molecule has 7 nitrogen and oxygen atoms in total. The number of nitrogens with one attached hydrogen (secondary N) is 1. The number of amidine groups is 1. The molecule has 1 aromatic carbocycles. The van der Waals surface area contributed by atoms with Crippen LogP contribution in [0.5, 0.6) is 5.75 Å². The number of nitrogens with zero attached hydrogens (tertiary/aromatic N) is 3. The number of benzene rings is 1. The Morgan fingerprint density at radius 1 is 1.35 bits per heavy atom. The average Bonchev–Trinajstić information content (AvgIpc) is 3.06. The Bertz CT molecular complexity index is 710. The molecule has 8 heteroatoms. The molecule has 0 saturated carbocycles. The lowest BCUT2D eigenvalue weighted by Crippen LogP contribution is -2.40. The summed E-state index contributed by atoms with van der Waals surface area (Å²) in [6.07, 6.45) is 3.72. The van der Waals surface area contributed by atoms with Gasteiger partial charge in [-0.3, -0.25) is 9.59 Å². The van der Waals surface area contributed by atoms with Crippen molar-refractivity contribution < 1.29 is 14.3 Å². The second kappa shape index (κ2) is 8.84. The molecule has 1 N–H and O–H groups in total. The first-order valence-corrected chi connectivity index (χ1v) is 9.63. The molecule has 26 heavy (non-hydrogen) atoms. The molecule has 1 aromatic rings. The number of piperidine rings is 1. The van der Waals surface area contributed by atoms with Crippen LogP contribution >= 0.6 is 11.8 Å². The van der Waals surface area contributed by atoms with Crippen molar-refractivity contribution in [2.45, 2.75) is 19.8 Å². The van der Waals surface area contributed by atoms with Crippen LogP contribution in [0.15, 0.2) is 34.5 Å². The lowest BCUT2D eigenvalue weighted by atomic mass is 9.99. The van der Waals surface area contributed by atoms with E-state index in [1.54, 1.807) is 18.3 Å². The number of ether oxygens (including phenoxy) is 1. The highest BCUT2D eigenvalue weighted by molar-refractivity contribution is 8.15. The summed E-state index contributed by atoms with van der Waals surface area (Å²) in [6.45, 7) is 3.92. The van der Waals surface area contributed by atoms with E-state index in [2.05, 4.69) is 22.4 Å². The molecule has 0 aromatic heterocycles.